The van der Waals surface area contributed by atoms with Gasteiger partial charge in [0.15, 0.2) is 0 Å². The molecule has 1 fully saturated rings. The normalized spacial score (nSPS) is 17.8. The first-order valence-electron chi connectivity index (χ1n) is 7.41. The minimum atomic E-state index is -3.33. The van der Waals surface area contributed by atoms with Gasteiger partial charge in [0, 0.05) is 6.54 Å². The molecule has 1 N–H and O–H groups in total. The van der Waals surface area contributed by atoms with Crippen molar-refractivity contribution in [1.29, 1.82) is 0 Å². The number of hydrogen-bond donors (Lipinski definition) is 1. The molecule has 1 aliphatic rings. The van der Waals surface area contributed by atoms with Crippen LogP contribution >= 0.6 is 11.3 Å². The van der Waals surface area contributed by atoms with Crippen molar-refractivity contribution in [3.05, 3.63) is 41.7 Å². The van der Waals surface area contributed by atoms with Gasteiger partial charge in [-0.05, 0) is 55.4 Å². The summed E-state index contributed by atoms with van der Waals surface area (Å²) in [6.45, 7) is 3.31. The van der Waals surface area contributed by atoms with E-state index in [0.717, 1.165) is 38.2 Å². The number of thiophene rings is 1. The number of nitrogens with zero attached hydrogens (tertiary/aromatic N) is 1. The molecule has 0 aromatic carbocycles. The van der Waals surface area contributed by atoms with Gasteiger partial charge in [0.25, 0.3) is 0 Å². The van der Waals surface area contributed by atoms with Gasteiger partial charge in [0.1, 0.15) is 9.97 Å². The minimum Gasteiger partial charge on any atom is -0.468 e. The maximum Gasteiger partial charge on any atom is 0.250 e. The lowest BCUT2D eigenvalue weighted by molar-refractivity contribution is 0.168. The van der Waals surface area contributed by atoms with Gasteiger partial charge in [-0.2, -0.15) is 0 Å². The van der Waals surface area contributed by atoms with Gasteiger partial charge in [-0.3, -0.25) is 4.90 Å². The summed E-state index contributed by atoms with van der Waals surface area (Å²) < 4.78 is 32.7. The minimum absolute atomic E-state index is 0.391. The van der Waals surface area contributed by atoms with Crippen LogP contribution < -0.4 is 4.72 Å². The van der Waals surface area contributed by atoms with Crippen LogP contribution in [0, 0.1) is 5.92 Å². The van der Waals surface area contributed by atoms with Crippen molar-refractivity contribution in [1.82, 2.24) is 9.62 Å². The lowest BCUT2D eigenvalue weighted by atomic mass is 9.97. The van der Waals surface area contributed by atoms with Crippen LogP contribution in [0.5, 0.6) is 0 Å². The molecule has 3 heterocycles. The van der Waals surface area contributed by atoms with Gasteiger partial charge >= 0.3 is 0 Å². The molecule has 2 aromatic heterocycles. The molecule has 22 heavy (non-hydrogen) atoms. The topological polar surface area (TPSA) is 62.6 Å². The first-order valence-corrected chi connectivity index (χ1v) is 9.78. The molecular formula is C15H20N2O3S2. The zero-order chi connectivity index (χ0) is 15.4. The highest BCUT2D eigenvalue weighted by Gasteiger charge is 2.22. The number of piperidine rings is 1. The lowest BCUT2D eigenvalue weighted by Crippen LogP contribution is -2.38. The zero-order valence-corrected chi connectivity index (χ0v) is 13.9. The average molecular weight is 340 g/mol. The van der Waals surface area contributed by atoms with E-state index in [4.69, 9.17) is 4.42 Å². The lowest BCUT2D eigenvalue weighted by Gasteiger charge is -2.31. The Balaban J connectivity index is 1.44. The Morgan fingerprint density at radius 2 is 2.09 bits per heavy atom. The molecule has 1 aliphatic heterocycles. The van der Waals surface area contributed by atoms with E-state index < -0.39 is 10.0 Å². The van der Waals surface area contributed by atoms with E-state index >= 15 is 0 Å². The van der Waals surface area contributed by atoms with Crippen molar-refractivity contribution < 1.29 is 12.8 Å². The smallest absolute Gasteiger partial charge is 0.250 e. The van der Waals surface area contributed by atoms with Crippen molar-refractivity contribution in [2.75, 3.05) is 19.6 Å². The number of sulfonamides is 1. The maximum absolute atomic E-state index is 12.1. The van der Waals surface area contributed by atoms with Gasteiger partial charge in [-0.1, -0.05) is 6.07 Å². The number of furan rings is 1. The number of nitrogens with one attached hydrogen (secondary N) is 1. The Kier molecular flexibility index (Phi) is 4.97. The molecule has 0 bridgehead atoms. The third kappa shape index (κ3) is 3.98. The molecule has 7 heteroatoms. The van der Waals surface area contributed by atoms with E-state index in [1.165, 1.54) is 11.3 Å². The van der Waals surface area contributed by atoms with Crippen molar-refractivity contribution in [3.8, 4) is 0 Å². The second-order valence-electron chi connectivity index (χ2n) is 5.58. The zero-order valence-electron chi connectivity index (χ0n) is 12.3. The Morgan fingerprint density at radius 3 is 2.73 bits per heavy atom. The van der Waals surface area contributed by atoms with E-state index in [2.05, 4.69) is 9.62 Å². The SMILES string of the molecule is O=S(=O)(NCC1CCN(Cc2ccco2)CC1)c1cccs1. The van der Waals surface area contributed by atoms with Gasteiger partial charge in [-0.15, -0.1) is 11.3 Å². The van der Waals surface area contributed by atoms with Gasteiger partial charge in [0.05, 0.1) is 12.8 Å². The van der Waals surface area contributed by atoms with Crippen molar-refractivity contribution in [2.24, 2.45) is 5.92 Å². The maximum atomic E-state index is 12.1. The molecule has 0 atom stereocenters. The number of likely N-dealkylation sites (tertiary alicyclic amines) is 1. The molecule has 2 aromatic rings. The van der Waals surface area contributed by atoms with E-state index in [-0.39, 0.29) is 0 Å². The standard InChI is InChI=1S/C15H20N2O3S2/c18-22(19,15-4-2-10-21-15)16-11-13-5-7-17(8-6-13)12-14-3-1-9-20-14/h1-4,9-10,13,16H,5-8,11-12H2. The van der Waals surface area contributed by atoms with Gasteiger partial charge < -0.3 is 4.42 Å². The molecule has 0 radical (unpaired) electrons. The molecule has 0 aliphatic carbocycles. The van der Waals surface area contributed by atoms with Gasteiger partial charge in [-0.25, -0.2) is 13.1 Å². The van der Waals surface area contributed by atoms with Crippen molar-refractivity contribution in [2.45, 2.75) is 23.6 Å². The molecule has 0 saturated carbocycles. The summed E-state index contributed by atoms with van der Waals surface area (Å²) in [5.41, 5.74) is 0. The van der Waals surface area contributed by atoms with Crippen LogP contribution in [0.4, 0.5) is 0 Å². The highest BCUT2D eigenvalue weighted by atomic mass is 32.2. The summed E-state index contributed by atoms with van der Waals surface area (Å²) >= 11 is 1.25. The Morgan fingerprint density at radius 1 is 1.27 bits per heavy atom. The Bertz CT molecular complexity index is 658. The highest BCUT2D eigenvalue weighted by Crippen LogP contribution is 2.20. The number of rotatable bonds is 6. The van der Waals surface area contributed by atoms with Crippen LogP contribution in [0.3, 0.4) is 0 Å². The summed E-state index contributed by atoms with van der Waals surface area (Å²) in [6.07, 6.45) is 3.71. The van der Waals surface area contributed by atoms with E-state index in [1.807, 2.05) is 12.1 Å². The molecule has 0 spiro atoms. The summed E-state index contributed by atoms with van der Waals surface area (Å²) in [5, 5.41) is 1.78. The van der Waals surface area contributed by atoms with Gasteiger partial charge in [0.2, 0.25) is 10.0 Å². The quantitative estimate of drug-likeness (QED) is 0.878. The third-order valence-electron chi connectivity index (χ3n) is 3.99. The molecule has 120 valence electrons. The fraction of sp³-hybridized carbons (Fsp3) is 0.467. The predicted molar refractivity (Wildman–Crippen MR) is 86.2 cm³/mol. The third-order valence-corrected chi connectivity index (χ3v) is 6.81. The Labute approximate surface area is 135 Å². The second-order valence-corrected chi connectivity index (χ2v) is 8.52. The van der Waals surface area contributed by atoms with E-state index in [1.54, 1.807) is 23.8 Å². The molecule has 3 rings (SSSR count). The monoisotopic (exact) mass is 340 g/mol. The first kappa shape index (κ1) is 15.7. The molecule has 0 amide bonds. The Hall–Kier alpha value is -1.15. The molecular weight excluding hydrogens is 320 g/mol. The second kappa shape index (κ2) is 6.95. The van der Waals surface area contributed by atoms with Crippen LogP contribution in [0.1, 0.15) is 18.6 Å². The first-order chi connectivity index (χ1) is 10.6. The van der Waals surface area contributed by atoms with Crippen LogP contribution in [0.2, 0.25) is 0 Å². The van der Waals surface area contributed by atoms with E-state index in [9.17, 15) is 8.42 Å². The fourth-order valence-electron chi connectivity index (χ4n) is 2.69. The highest BCUT2D eigenvalue weighted by molar-refractivity contribution is 7.91. The summed E-state index contributed by atoms with van der Waals surface area (Å²) in [6, 6.07) is 7.29. The predicted octanol–water partition coefficient (Wildman–Crippen LogP) is 2.53. The summed E-state index contributed by atoms with van der Waals surface area (Å²) in [5.74, 6) is 1.39. The van der Waals surface area contributed by atoms with Crippen LogP contribution in [-0.4, -0.2) is 33.0 Å². The van der Waals surface area contributed by atoms with E-state index in [0.29, 0.717) is 16.7 Å². The largest absolute Gasteiger partial charge is 0.468 e. The fourth-order valence-corrected chi connectivity index (χ4v) is 4.84. The van der Waals surface area contributed by atoms with Crippen LogP contribution in [0.15, 0.2) is 44.5 Å². The van der Waals surface area contributed by atoms with Crippen molar-refractivity contribution in [3.63, 3.8) is 0 Å². The van der Waals surface area contributed by atoms with Crippen molar-refractivity contribution >= 4 is 21.4 Å². The summed E-state index contributed by atoms with van der Waals surface area (Å²) in [4.78, 5) is 2.35. The number of hydrogen-bond acceptors (Lipinski definition) is 5. The molecule has 1 saturated heterocycles. The van der Waals surface area contributed by atoms with Crippen LogP contribution in [0.25, 0.3) is 0 Å². The van der Waals surface area contributed by atoms with Crippen LogP contribution in [-0.2, 0) is 16.6 Å². The summed E-state index contributed by atoms with van der Waals surface area (Å²) in [7, 11) is -3.33. The average Bonchev–Trinajstić information content (AvgIpc) is 3.20. The molecule has 0 unspecified atom stereocenters. The molecule has 5 nitrogen and oxygen atoms in total.